The van der Waals surface area contributed by atoms with Crippen LogP contribution in [0.4, 0.5) is 0 Å². The molecule has 0 heterocycles. The Morgan fingerprint density at radius 3 is 2.59 bits per heavy atom. The molecule has 94 valence electrons. The fourth-order valence-electron chi connectivity index (χ4n) is 2.38. The first-order chi connectivity index (χ1) is 8.08. The van der Waals surface area contributed by atoms with E-state index in [2.05, 4.69) is 26.0 Å². The summed E-state index contributed by atoms with van der Waals surface area (Å²) in [6, 6.07) is 4.35. The Morgan fingerprint density at radius 2 is 2.06 bits per heavy atom. The summed E-state index contributed by atoms with van der Waals surface area (Å²) >= 11 is 0. The van der Waals surface area contributed by atoms with Gasteiger partial charge in [0.2, 0.25) is 0 Å². The maximum absolute atomic E-state index is 6.03. The van der Waals surface area contributed by atoms with Gasteiger partial charge in [0, 0.05) is 11.6 Å². The van der Waals surface area contributed by atoms with Gasteiger partial charge in [-0.25, -0.2) is 0 Å². The molecule has 1 aliphatic carbocycles. The average Bonchev–Trinajstić information content (AvgIpc) is 2.17. The minimum atomic E-state index is 0.0324. The monoisotopic (exact) mass is 233 g/mol. The van der Waals surface area contributed by atoms with Gasteiger partial charge in [0.15, 0.2) is 0 Å². The minimum Gasteiger partial charge on any atom is -0.493 e. The average molecular weight is 233 g/mol. The molecule has 1 unspecified atom stereocenters. The maximum Gasteiger partial charge on any atom is 0.126 e. The molecule has 1 aromatic carbocycles. The number of aryl methyl sites for hydroxylation is 2. The van der Waals surface area contributed by atoms with Gasteiger partial charge in [0.1, 0.15) is 5.75 Å². The van der Waals surface area contributed by atoms with Crippen molar-refractivity contribution in [3.05, 3.63) is 28.8 Å². The second-order valence-corrected chi connectivity index (χ2v) is 5.40. The second-order valence-electron chi connectivity index (χ2n) is 5.40. The third-order valence-corrected chi connectivity index (χ3v) is 3.63. The molecule has 2 nitrogen and oxygen atoms in total. The van der Waals surface area contributed by atoms with Crippen LogP contribution in [0.2, 0.25) is 0 Å². The van der Waals surface area contributed by atoms with Crippen LogP contribution in [0.3, 0.4) is 0 Å². The van der Waals surface area contributed by atoms with E-state index in [1.54, 1.807) is 0 Å². The first-order valence-corrected chi connectivity index (χ1v) is 6.57. The highest BCUT2D eigenvalue weighted by Gasteiger charge is 2.19. The van der Waals surface area contributed by atoms with E-state index < -0.39 is 0 Å². The maximum atomic E-state index is 6.03. The van der Waals surface area contributed by atoms with E-state index in [9.17, 15) is 0 Å². The lowest BCUT2D eigenvalue weighted by Crippen LogP contribution is -2.20. The van der Waals surface area contributed by atoms with Crippen LogP contribution in [-0.2, 0) is 0 Å². The van der Waals surface area contributed by atoms with E-state index in [1.165, 1.54) is 30.4 Å². The Balaban J connectivity index is 2.17. The summed E-state index contributed by atoms with van der Waals surface area (Å²) < 4.78 is 6.01. The van der Waals surface area contributed by atoms with Crippen molar-refractivity contribution in [1.82, 2.24) is 0 Å². The van der Waals surface area contributed by atoms with Crippen molar-refractivity contribution >= 4 is 0 Å². The third-order valence-electron chi connectivity index (χ3n) is 3.63. The molecule has 1 atom stereocenters. The van der Waals surface area contributed by atoms with Crippen molar-refractivity contribution in [1.29, 1.82) is 0 Å². The molecule has 1 aliphatic rings. The van der Waals surface area contributed by atoms with E-state index >= 15 is 0 Å². The summed E-state index contributed by atoms with van der Waals surface area (Å²) in [5.74, 6) is 1.77. The van der Waals surface area contributed by atoms with Crippen molar-refractivity contribution in [3.8, 4) is 5.75 Å². The van der Waals surface area contributed by atoms with Crippen LogP contribution in [-0.4, -0.2) is 6.61 Å². The van der Waals surface area contributed by atoms with Crippen LogP contribution in [0.5, 0.6) is 5.75 Å². The van der Waals surface area contributed by atoms with E-state index in [-0.39, 0.29) is 6.04 Å². The molecule has 0 saturated heterocycles. The van der Waals surface area contributed by atoms with Gasteiger partial charge >= 0.3 is 0 Å². The number of benzene rings is 1. The van der Waals surface area contributed by atoms with Gasteiger partial charge in [-0.15, -0.1) is 0 Å². The summed E-state index contributed by atoms with van der Waals surface area (Å²) in [7, 11) is 0. The zero-order chi connectivity index (χ0) is 12.4. The summed E-state index contributed by atoms with van der Waals surface area (Å²) in [5.41, 5.74) is 9.63. The lowest BCUT2D eigenvalue weighted by molar-refractivity contribution is 0.178. The predicted octanol–water partition coefficient (Wildman–Crippen LogP) is 3.50. The molecule has 0 spiro atoms. The van der Waals surface area contributed by atoms with Gasteiger partial charge in [-0.05, 0) is 45.1 Å². The molecular formula is C15H23NO. The highest BCUT2D eigenvalue weighted by Crippen LogP contribution is 2.32. The van der Waals surface area contributed by atoms with Crippen LogP contribution in [0.1, 0.15) is 48.9 Å². The summed E-state index contributed by atoms with van der Waals surface area (Å²) in [4.78, 5) is 0. The van der Waals surface area contributed by atoms with Crippen LogP contribution in [0, 0.1) is 19.8 Å². The zero-order valence-corrected chi connectivity index (χ0v) is 11.1. The summed E-state index contributed by atoms with van der Waals surface area (Å²) in [5, 5.41) is 0. The molecule has 2 heteroatoms. The molecule has 1 aromatic rings. The van der Waals surface area contributed by atoms with E-state index in [4.69, 9.17) is 10.5 Å². The molecular weight excluding hydrogens is 210 g/mol. The summed E-state index contributed by atoms with van der Waals surface area (Å²) in [6.07, 6.45) is 4.00. The van der Waals surface area contributed by atoms with E-state index in [0.29, 0.717) is 0 Å². The normalized spacial score (nSPS) is 17.6. The van der Waals surface area contributed by atoms with Crippen molar-refractivity contribution in [2.75, 3.05) is 6.61 Å². The molecule has 2 N–H and O–H groups in total. The van der Waals surface area contributed by atoms with Gasteiger partial charge in [-0.3, -0.25) is 0 Å². The topological polar surface area (TPSA) is 35.2 Å². The molecule has 17 heavy (non-hydrogen) atoms. The number of rotatable bonds is 4. The molecule has 1 saturated carbocycles. The lowest BCUT2D eigenvalue weighted by Gasteiger charge is -2.27. The highest BCUT2D eigenvalue weighted by molar-refractivity contribution is 5.45. The van der Waals surface area contributed by atoms with Gasteiger partial charge in [0.05, 0.1) is 6.61 Å². The number of hydrogen-bond donors (Lipinski definition) is 1. The fraction of sp³-hybridized carbons (Fsp3) is 0.600. The SMILES string of the molecule is Cc1cc(C)c(OCC2CCC2)c(C(C)N)c1. The second kappa shape index (κ2) is 5.09. The number of ether oxygens (including phenoxy) is 1. The van der Waals surface area contributed by atoms with Crippen LogP contribution in [0.25, 0.3) is 0 Å². The van der Waals surface area contributed by atoms with Crippen molar-refractivity contribution < 1.29 is 4.74 Å². The molecule has 0 aromatic heterocycles. The Morgan fingerprint density at radius 1 is 1.35 bits per heavy atom. The van der Waals surface area contributed by atoms with Crippen LogP contribution < -0.4 is 10.5 Å². The Labute approximate surface area is 104 Å². The lowest BCUT2D eigenvalue weighted by atomic mass is 9.86. The Bertz CT molecular complexity index is 394. The van der Waals surface area contributed by atoms with Gasteiger partial charge in [0.25, 0.3) is 0 Å². The molecule has 0 bridgehead atoms. The van der Waals surface area contributed by atoms with Crippen LogP contribution in [0.15, 0.2) is 12.1 Å². The standard InChI is InChI=1S/C15H23NO/c1-10-7-11(2)15(14(8-10)12(3)16)17-9-13-5-4-6-13/h7-8,12-13H,4-6,9,16H2,1-3H3. The minimum absolute atomic E-state index is 0.0324. The smallest absolute Gasteiger partial charge is 0.126 e. The van der Waals surface area contributed by atoms with E-state index in [0.717, 1.165) is 23.8 Å². The molecule has 2 rings (SSSR count). The quantitative estimate of drug-likeness (QED) is 0.863. The molecule has 0 aliphatic heterocycles. The van der Waals surface area contributed by atoms with Crippen molar-refractivity contribution in [2.45, 2.75) is 46.1 Å². The number of hydrogen-bond acceptors (Lipinski definition) is 2. The Kier molecular flexibility index (Phi) is 3.72. The van der Waals surface area contributed by atoms with E-state index in [1.807, 2.05) is 6.92 Å². The van der Waals surface area contributed by atoms with Gasteiger partial charge in [-0.1, -0.05) is 24.1 Å². The summed E-state index contributed by atoms with van der Waals surface area (Å²) in [6.45, 7) is 7.08. The Hall–Kier alpha value is -1.02. The van der Waals surface area contributed by atoms with Gasteiger partial charge < -0.3 is 10.5 Å². The largest absolute Gasteiger partial charge is 0.493 e. The number of nitrogens with two attached hydrogens (primary N) is 1. The molecule has 0 radical (unpaired) electrons. The fourth-order valence-corrected chi connectivity index (χ4v) is 2.38. The van der Waals surface area contributed by atoms with Crippen LogP contribution >= 0.6 is 0 Å². The highest BCUT2D eigenvalue weighted by atomic mass is 16.5. The van der Waals surface area contributed by atoms with Crippen molar-refractivity contribution in [3.63, 3.8) is 0 Å². The van der Waals surface area contributed by atoms with Gasteiger partial charge in [-0.2, -0.15) is 0 Å². The molecule has 0 amide bonds. The molecule has 1 fully saturated rings. The first kappa shape index (κ1) is 12.4. The predicted molar refractivity (Wildman–Crippen MR) is 71.4 cm³/mol. The first-order valence-electron chi connectivity index (χ1n) is 6.57. The zero-order valence-electron chi connectivity index (χ0n) is 11.1. The van der Waals surface area contributed by atoms with Crippen molar-refractivity contribution in [2.24, 2.45) is 11.7 Å². The third kappa shape index (κ3) is 2.81.